The molecular weight excluding hydrogens is 778 g/mol. The molecule has 0 bridgehead atoms. The van der Waals surface area contributed by atoms with Gasteiger partial charge in [-0.2, -0.15) is 4.98 Å². The number of fused-ring (bicyclic) bond motifs is 1. The highest BCUT2D eigenvalue weighted by Crippen LogP contribution is 2.30. The molecule has 5 aromatic rings. The third-order valence-corrected chi connectivity index (χ3v) is 12.2. The fourth-order valence-electron chi connectivity index (χ4n) is 8.74. The van der Waals surface area contributed by atoms with E-state index in [1.165, 1.54) is 16.9 Å². The molecule has 0 radical (unpaired) electrons. The first-order valence-corrected chi connectivity index (χ1v) is 21.1. The van der Waals surface area contributed by atoms with E-state index >= 15 is 4.39 Å². The van der Waals surface area contributed by atoms with Gasteiger partial charge in [0.1, 0.15) is 22.8 Å². The van der Waals surface area contributed by atoms with Crippen molar-refractivity contribution in [3.63, 3.8) is 0 Å². The lowest BCUT2D eigenvalue weighted by Crippen LogP contribution is -2.47. The van der Waals surface area contributed by atoms with Crippen molar-refractivity contribution in [3.8, 4) is 5.82 Å². The van der Waals surface area contributed by atoms with Crippen molar-refractivity contribution in [2.75, 3.05) is 60.2 Å². The molecule has 320 valence electrons. The van der Waals surface area contributed by atoms with Crippen molar-refractivity contribution in [2.24, 2.45) is 5.92 Å². The molecule has 3 fully saturated rings. The molecule has 0 aliphatic carbocycles. The number of hydrogen-bond acceptors (Lipinski definition) is 12. The Morgan fingerprint density at radius 1 is 0.951 bits per heavy atom. The number of pyridine rings is 1. The number of nitrogens with zero attached hydrogens (tertiary/aromatic N) is 8. The van der Waals surface area contributed by atoms with E-state index in [0.717, 1.165) is 69.8 Å². The maximum absolute atomic E-state index is 15.3. The topological polar surface area (TPSA) is 166 Å². The summed E-state index contributed by atoms with van der Waals surface area (Å²) in [4.78, 5) is 57.9. The predicted octanol–water partition coefficient (Wildman–Crippen LogP) is 5.31. The second-order valence-electron chi connectivity index (χ2n) is 16.9. The molecule has 4 N–H and O–H groups in total. The SMILES string of the molecule is C=CCn1c(=O)c2cnc(Nc3ccc(N4CCC(CN(C)C5CCN(c6ccc(NC7CCC(=O)NC7=O)cc6F)CC5)CC4)cc3)nc2n1-c1cccc(C(C)(C)O)n1. The largest absolute Gasteiger partial charge is 0.384 e. The van der Waals surface area contributed by atoms with Crippen molar-refractivity contribution in [1.82, 2.24) is 34.5 Å². The Bertz CT molecular complexity index is 2460. The minimum atomic E-state index is -1.17. The van der Waals surface area contributed by atoms with Gasteiger partial charge in [0.05, 0.1) is 17.9 Å². The number of carbonyl (C=O) groups excluding carboxylic acids is 2. The molecule has 1 atom stereocenters. The molecule has 6 heterocycles. The predicted molar refractivity (Wildman–Crippen MR) is 235 cm³/mol. The minimum absolute atomic E-state index is 0.235. The Labute approximate surface area is 354 Å². The summed E-state index contributed by atoms with van der Waals surface area (Å²) in [5, 5.41) is 19.7. The number of halogens is 1. The Morgan fingerprint density at radius 2 is 1.67 bits per heavy atom. The number of nitrogens with one attached hydrogen (secondary N) is 3. The van der Waals surface area contributed by atoms with Crippen LogP contribution in [0.25, 0.3) is 16.9 Å². The fraction of sp³-hybridized carbons (Fsp3) is 0.422. The molecule has 1 unspecified atom stereocenters. The third-order valence-electron chi connectivity index (χ3n) is 12.2. The van der Waals surface area contributed by atoms with Crippen molar-refractivity contribution in [3.05, 3.63) is 101 Å². The van der Waals surface area contributed by atoms with E-state index in [9.17, 15) is 19.5 Å². The summed E-state index contributed by atoms with van der Waals surface area (Å²) in [6.07, 6.45) is 7.93. The van der Waals surface area contributed by atoms with E-state index in [1.54, 1.807) is 54.9 Å². The van der Waals surface area contributed by atoms with E-state index < -0.39 is 11.6 Å². The van der Waals surface area contributed by atoms with Crippen LogP contribution < -0.4 is 31.3 Å². The molecule has 61 heavy (non-hydrogen) atoms. The molecule has 15 nitrogen and oxygen atoms in total. The van der Waals surface area contributed by atoms with Crippen LogP contribution in [0, 0.1) is 11.7 Å². The van der Waals surface area contributed by atoms with Gasteiger partial charge in [0.15, 0.2) is 11.5 Å². The maximum atomic E-state index is 15.3. The van der Waals surface area contributed by atoms with Crippen LogP contribution in [0.2, 0.25) is 0 Å². The summed E-state index contributed by atoms with van der Waals surface area (Å²) in [5.41, 5.74) is 2.49. The normalized spacial score (nSPS) is 18.2. The zero-order chi connectivity index (χ0) is 42.8. The monoisotopic (exact) mass is 831 g/mol. The van der Waals surface area contributed by atoms with Gasteiger partial charge in [-0.1, -0.05) is 12.1 Å². The summed E-state index contributed by atoms with van der Waals surface area (Å²) in [5.74, 6) is 0.406. The van der Waals surface area contributed by atoms with Crippen LogP contribution in [0.4, 0.5) is 33.1 Å². The first-order valence-electron chi connectivity index (χ1n) is 21.1. The number of amides is 2. The maximum Gasteiger partial charge on any atom is 0.278 e. The summed E-state index contributed by atoms with van der Waals surface area (Å²) >= 11 is 0. The van der Waals surface area contributed by atoms with Crippen LogP contribution in [0.3, 0.4) is 0 Å². The molecule has 0 spiro atoms. The average molecular weight is 832 g/mol. The second-order valence-corrected chi connectivity index (χ2v) is 16.9. The van der Waals surface area contributed by atoms with Gasteiger partial charge in [-0.15, -0.1) is 6.58 Å². The smallest absolute Gasteiger partial charge is 0.278 e. The molecule has 3 aliphatic heterocycles. The summed E-state index contributed by atoms with van der Waals surface area (Å²) < 4.78 is 18.4. The molecule has 2 aromatic carbocycles. The number of imide groups is 1. The zero-order valence-corrected chi connectivity index (χ0v) is 35.0. The fourth-order valence-corrected chi connectivity index (χ4v) is 8.74. The number of carbonyl (C=O) groups is 2. The van der Waals surface area contributed by atoms with Crippen molar-refractivity contribution < 1.29 is 19.1 Å². The van der Waals surface area contributed by atoms with Crippen molar-refractivity contribution in [1.29, 1.82) is 0 Å². The minimum Gasteiger partial charge on any atom is -0.384 e. The molecule has 3 saturated heterocycles. The van der Waals surface area contributed by atoms with Gasteiger partial charge in [0, 0.05) is 68.4 Å². The lowest BCUT2D eigenvalue weighted by atomic mass is 9.94. The van der Waals surface area contributed by atoms with Crippen LogP contribution in [-0.2, 0) is 21.7 Å². The molecule has 0 saturated carbocycles. The van der Waals surface area contributed by atoms with Crippen molar-refractivity contribution >= 4 is 51.5 Å². The van der Waals surface area contributed by atoms with E-state index in [1.807, 2.05) is 12.1 Å². The standard InChI is InChI=1S/C45H54FN11O4/c1-5-21-56-43(60)34-27-47-44(52-41(34)57(56)39-8-6-7-38(50-39)45(2,3)61)49-30-9-12-33(13-10-30)54-22-17-29(18-23-54)28-53(4)32-19-24-55(25-20-32)37-15-11-31(26-35(37)46)48-36-14-16-40(58)51-42(36)59/h5-13,15,26-27,29,32,36,48,61H,1,14,16-25,28H2,2-4H3,(H,47,49,52)(H,51,58,59). The molecule has 2 amide bonds. The number of allylic oxidation sites excluding steroid dienone is 1. The summed E-state index contributed by atoms with van der Waals surface area (Å²) in [6.45, 7) is 11.9. The lowest BCUT2D eigenvalue weighted by molar-refractivity contribution is -0.133. The van der Waals surface area contributed by atoms with Crippen LogP contribution in [-0.4, -0.2) is 98.0 Å². The van der Waals surface area contributed by atoms with Gasteiger partial charge in [-0.3, -0.25) is 19.7 Å². The number of aliphatic hydroxyl groups is 1. The second kappa shape index (κ2) is 17.5. The molecular formula is C45H54FN11O4. The number of anilines is 5. The van der Waals surface area contributed by atoms with E-state index in [2.05, 4.69) is 66.4 Å². The van der Waals surface area contributed by atoms with Crippen LogP contribution in [0.1, 0.15) is 58.1 Å². The highest BCUT2D eigenvalue weighted by molar-refractivity contribution is 6.01. The van der Waals surface area contributed by atoms with Gasteiger partial charge in [0.25, 0.3) is 5.56 Å². The number of aromatic nitrogens is 5. The quantitative estimate of drug-likeness (QED) is 0.0895. The molecule has 3 aliphatic rings. The Kier molecular flexibility index (Phi) is 11.9. The Morgan fingerprint density at radius 3 is 2.36 bits per heavy atom. The van der Waals surface area contributed by atoms with E-state index in [4.69, 9.17) is 4.98 Å². The Balaban J connectivity index is 0.829. The van der Waals surface area contributed by atoms with Gasteiger partial charge in [-0.25, -0.2) is 23.7 Å². The summed E-state index contributed by atoms with van der Waals surface area (Å²) in [6, 6.07) is 18.5. The highest BCUT2D eigenvalue weighted by Gasteiger charge is 2.29. The van der Waals surface area contributed by atoms with E-state index in [-0.39, 0.29) is 36.2 Å². The van der Waals surface area contributed by atoms with Crippen LogP contribution in [0.15, 0.2) is 84.3 Å². The number of hydrogen-bond donors (Lipinski definition) is 4. The van der Waals surface area contributed by atoms with Crippen LogP contribution in [0.5, 0.6) is 0 Å². The number of piperidine rings is 3. The van der Waals surface area contributed by atoms with E-state index in [0.29, 0.717) is 58.2 Å². The van der Waals surface area contributed by atoms with Gasteiger partial charge < -0.3 is 30.4 Å². The Hall–Kier alpha value is -6.13. The first kappa shape index (κ1) is 41.6. The zero-order valence-electron chi connectivity index (χ0n) is 35.0. The third kappa shape index (κ3) is 9.15. The van der Waals surface area contributed by atoms with Crippen molar-refractivity contribution in [2.45, 2.75) is 76.6 Å². The number of rotatable bonds is 13. The van der Waals surface area contributed by atoms with Crippen LogP contribution >= 0.6 is 0 Å². The molecule has 16 heteroatoms. The molecule has 3 aromatic heterocycles. The first-order chi connectivity index (χ1) is 29.3. The molecule has 8 rings (SSSR count). The lowest BCUT2D eigenvalue weighted by Gasteiger charge is -2.41. The average Bonchev–Trinajstić information content (AvgIpc) is 3.52. The summed E-state index contributed by atoms with van der Waals surface area (Å²) in [7, 11) is 2.22. The van der Waals surface area contributed by atoms with Gasteiger partial charge >= 0.3 is 0 Å². The highest BCUT2D eigenvalue weighted by atomic mass is 19.1. The van der Waals surface area contributed by atoms with Gasteiger partial charge in [-0.05, 0) is 114 Å². The van der Waals surface area contributed by atoms with Gasteiger partial charge in [0.2, 0.25) is 17.8 Å². The number of benzene rings is 2.